The summed E-state index contributed by atoms with van der Waals surface area (Å²) < 4.78 is 16.3. The Morgan fingerprint density at radius 3 is 2.06 bits per heavy atom. The molecule has 8 heteroatoms. The monoisotopic (exact) mass is 443 g/mol. The van der Waals surface area contributed by atoms with E-state index in [0.29, 0.717) is 22.1 Å². The molecule has 0 atom stereocenters. The van der Waals surface area contributed by atoms with E-state index < -0.39 is 0 Å². The third kappa shape index (κ3) is 5.19. The zero-order valence-electron chi connectivity index (χ0n) is 18.7. The summed E-state index contributed by atoms with van der Waals surface area (Å²) in [5.41, 5.74) is 3.29. The number of piperazine rings is 1. The zero-order chi connectivity index (χ0) is 22.5. The van der Waals surface area contributed by atoms with E-state index in [4.69, 9.17) is 26.4 Å². The molecule has 2 aromatic rings. The Bertz CT molecular complexity index is 949. The molecular formula is C23H29N3O4S. The molecule has 0 bridgehead atoms. The first-order chi connectivity index (χ1) is 14.9. The molecule has 1 N–H and O–H groups in total. The Labute approximate surface area is 188 Å². The van der Waals surface area contributed by atoms with E-state index in [0.717, 1.165) is 48.9 Å². The normalized spacial score (nSPS) is 13.6. The van der Waals surface area contributed by atoms with Gasteiger partial charge < -0.3 is 29.3 Å². The highest BCUT2D eigenvalue weighted by molar-refractivity contribution is 7.80. The van der Waals surface area contributed by atoms with E-state index in [9.17, 15) is 4.79 Å². The number of nitrogens with zero attached hydrogens (tertiary/aromatic N) is 2. The molecular weight excluding hydrogens is 414 g/mol. The van der Waals surface area contributed by atoms with Gasteiger partial charge in [0.25, 0.3) is 0 Å². The summed E-state index contributed by atoms with van der Waals surface area (Å²) in [4.78, 5) is 16.3. The molecule has 7 nitrogen and oxygen atoms in total. The Kier molecular flexibility index (Phi) is 7.22. The van der Waals surface area contributed by atoms with Crippen LogP contribution in [0.25, 0.3) is 0 Å². The fourth-order valence-electron chi connectivity index (χ4n) is 3.66. The molecule has 31 heavy (non-hydrogen) atoms. The summed E-state index contributed by atoms with van der Waals surface area (Å²) in [5, 5.41) is 3.88. The topological polar surface area (TPSA) is 63.3 Å². The van der Waals surface area contributed by atoms with Crippen LogP contribution in [0.5, 0.6) is 17.2 Å². The number of thiocarbonyl (C=S) groups is 1. The van der Waals surface area contributed by atoms with Gasteiger partial charge in [-0.2, -0.15) is 0 Å². The SMILES string of the molecule is COc1cc(OC)cc(N2CCN(C(=S)Nc3cc(C(C)=O)c(C)cc3OC)CC2)c1. The van der Waals surface area contributed by atoms with E-state index in [1.165, 1.54) is 0 Å². The molecule has 0 spiro atoms. The van der Waals surface area contributed by atoms with Gasteiger partial charge in [-0.3, -0.25) is 4.79 Å². The smallest absolute Gasteiger partial charge is 0.173 e. The van der Waals surface area contributed by atoms with Crippen molar-refractivity contribution in [1.82, 2.24) is 4.90 Å². The minimum Gasteiger partial charge on any atom is -0.497 e. The molecule has 1 aliphatic rings. The number of benzene rings is 2. The van der Waals surface area contributed by atoms with Crippen molar-refractivity contribution in [3.8, 4) is 17.2 Å². The van der Waals surface area contributed by atoms with Crippen LogP contribution >= 0.6 is 12.2 Å². The summed E-state index contributed by atoms with van der Waals surface area (Å²) in [6.45, 7) is 6.60. The molecule has 0 aliphatic carbocycles. The van der Waals surface area contributed by atoms with Crippen molar-refractivity contribution >= 4 is 34.5 Å². The summed E-state index contributed by atoms with van der Waals surface area (Å²) in [6.07, 6.45) is 0. The number of methoxy groups -OCH3 is 3. The minimum absolute atomic E-state index is 0.0106. The van der Waals surface area contributed by atoms with Crippen molar-refractivity contribution < 1.29 is 19.0 Å². The summed E-state index contributed by atoms with van der Waals surface area (Å²) in [7, 11) is 4.91. The second kappa shape index (κ2) is 9.87. The molecule has 0 aromatic heterocycles. The maximum absolute atomic E-state index is 11.9. The number of ketones is 1. The molecule has 0 radical (unpaired) electrons. The summed E-state index contributed by atoms with van der Waals surface area (Å²) in [5.74, 6) is 2.20. The number of carbonyl (C=O) groups is 1. The van der Waals surface area contributed by atoms with E-state index in [1.54, 1.807) is 28.3 Å². The van der Waals surface area contributed by atoms with E-state index in [1.807, 2.05) is 37.3 Å². The largest absolute Gasteiger partial charge is 0.497 e. The minimum atomic E-state index is 0.0106. The second-order valence-corrected chi connectivity index (χ2v) is 7.79. The number of ether oxygens (including phenoxy) is 3. The molecule has 2 aromatic carbocycles. The summed E-state index contributed by atoms with van der Waals surface area (Å²) >= 11 is 5.66. The molecule has 1 aliphatic heterocycles. The van der Waals surface area contributed by atoms with Crippen LogP contribution in [0.4, 0.5) is 11.4 Å². The lowest BCUT2D eigenvalue weighted by Crippen LogP contribution is -2.50. The number of anilines is 2. The van der Waals surface area contributed by atoms with Crippen molar-refractivity contribution in [3.05, 3.63) is 41.5 Å². The van der Waals surface area contributed by atoms with Crippen molar-refractivity contribution in [2.45, 2.75) is 13.8 Å². The van der Waals surface area contributed by atoms with Gasteiger partial charge in [-0.25, -0.2) is 0 Å². The molecule has 0 unspecified atom stereocenters. The molecule has 1 heterocycles. The lowest BCUT2D eigenvalue weighted by molar-refractivity contribution is 0.101. The molecule has 3 rings (SSSR count). The van der Waals surface area contributed by atoms with Gasteiger partial charge in [0.1, 0.15) is 17.2 Å². The molecule has 0 saturated carbocycles. The highest BCUT2D eigenvalue weighted by Gasteiger charge is 2.21. The standard InChI is InChI=1S/C23H29N3O4S/c1-15-10-22(30-5)21(14-20(15)16(2)27)24-23(31)26-8-6-25(7-9-26)17-11-18(28-3)13-19(12-17)29-4/h10-14H,6-9H2,1-5H3,(H,24,31). The quantitative estimate of drug-likeness (QED) is 0.535. The highest BCUT2D eigenvalue weighted by Crippen LogP contribution is 2.31. The van der Waals surface area contributed by atoms with E-state index in [2.05, 4.69) is 15.1 Å². The average Bonchev–Trinajstić information content (AvgIpc) is 2.79. The molecule has 1 saturated heterocycles. The highest BCUT2D eigenvalue weighted by atomic mass is 32.1. The Hall–Kier alpha value is -3.00. The van der Waals surface area contributed by atoms with Crippen molar-refractivity contribution in [2.75, 3.05) is 57.7 Å². The first kappa shape index (κ1) is 22.7. The van der Waals surface area contributed by atoms with Gasteiger partial charge >= 0.3 is 0 Å². The van der Waals surface area contributed by atoms with Gasteiger partial charge in [0.05, 0.1) is 27.0 Å². The Morgan fingerprint density at radius 1 is 0.935 bits per heavy atom. The van der Waals surface area contributed by atoms with Gasteiger partial charge in [0, 0.05) is 55.6 Å². The predicted molar refractivity (Wildman–Crippen MR) is 127 cm³/mol. The lowest BCUT2D eigenvalue weighted by atomic mass is 10.0. The first-order valence-electron chi connectivity index (χ1n) is 10.1. The predicted octanol–water partition coefficient (Wildman–Crippen LogP) is 3.74. The average molecular weight is 444 g/mol. The van der Waals surface area contributed by atoms with Gasteiger partial charge in [0.15, 0.2) is 10.9 Å². The van der Waals surface area contributed by atoms with E-state index in [-0.39, 0.29) is 5.78 Å². The van der Waals surface area contributed by atoms with Crippen molar-refractivity contribution in [3.63, 3.8) is 0 Å². The first-order valence-corrected chi connectivity index (χ1v) is 10.5. The molecule has 166 valence electrons. The fourth-order valence-corrected chi connectivity index (χ4v) is 3.96. The maximum Gasteiger partial charge on any atom is 0.173 e. The van der Waals surface area contributed by atoms with Gasteiger partial charge in [-0.15, -0.1) is 0 Å². The summed E-state index contributed by atoms with van der Waals surface area (Å²) in [6, 6.07) is 9.55. The van der Waals surface area contributed by atoms with Crippen molar-refractivity contribution in [2.24, 2.45) is 0 Å². The molecule has 0 amide bonds. The number of hydrogen-bond donors (Lipinski definition) is 1. The third-order valence-corrected chi connectivity index (χ3v) is 5.80. The van der Waals surface area contributed by atoms with Crippen LogP contribution in [-0.4, -0.2) is 63.3 Å². The Balaban J connectivity index is 1.69. The lowest BCUT2D eigenvalue weighted by Gasteiger charge is -2.37. The van der Waals surface area contributed by atoms with Gasteiger partial charge in [0.2, 0.25) is 0 Å². The second-order valence-electron chi connectivity index (χ2n) is 7.40. The van der Waals surface area contributed by atoms with Crippen LogP contribution in [0.15, 0.2) is 30.3 Å². The third-order valence-electron chi connectivity index (χ3n) is 5.44. The number of carbonyl (C=O) groups excluding carboxylic acids is 1. The number of Topliss-reactive ketones (excluding diaryl/α,β-unsaturated/α-hetero) is 1. The number of rotatable bonds is 6. The van der Waals surface area contributed by atoms with Crippen molar-refractivity contribution in [1.29, 1.82) is 0 Å². The van der Waals surface area contributed by atoms with Crippen LogP contribution in [0, 0.1) is 6.92 Å². The van der Waals surface area contributed by atoms with E-state index >= 15 is 0 Å². The van der Waals surface area contributed by atoms with Crippen LogP contribution in [0.1, 0.15) is 22.8 Å². The zero-order valence-corrected chi connectivity index (χ0v) is 19.5. The fraction of sp³-hybridized carbons (Fsp3) is 0.391. The van der Waals surface area contributed by atoms with Gasteiger partial charge in [-0.1, -0.05) is 0 Å². The van der Waals surface area contributed by atoms with Crippen LogP contribution < -0.4 is 24.4 Å². The number of nitrogens with one attached hydrogen (secondary N) is 1. The van der Waals surface area contributed by atoms with Crippen LogP contribution in [-0.2, 0) is 0 Å². The number of aryl methyl sites for hydroxylation is 1. The number of hydrogen-bond acceptors (Lipinski definition) is 6. The maximum atomic E-state index is 11.9. The molecule has 1 fully saturated rings. The van der Waals surface area contributed by atoms with Crippen LogP contribution in [0.3, 0.4) is 0 Å². The van der Waals surface area contributed by atoms with Gasteiger partial charge in [-0.05, 0) is 43.8 Å². The Morgan fingerprint density at radius 2 is 1.55 bits per heavy atom. The van der Waals surface area contributed by atoms with Crippen LogP contribution in [0.2, 0.25) is 0 Å².